The molecule has 2 heterocycles. The fraction of sp³-hybridized carbons (Fsp3) is 0.0233. The maximum Gasteiger partial charge on any atom is 0.0541 e. The van der Waals surface area contributed by atoms with E-state index >= 15 is 0 Å². The average molecular weight is 575 g/mol. The molecule has 0 aliphatic heterocycles. The zero-order valence-corrected chi connectivity index (χ0v) is 24.8. The number of fused-ring (bicyclic) bond motifs is 6. The third-order valence-corrected chi connectivity index (χ3v) is 9.11. The molecule has 9 rings (SSSR count). The maximum absolute atomic E-state index is 2.43. The fourth-order valence-electron chi connectivity index (χ4n) is 7.04. The number of rotatable bonds is 4. The molecule has 0 spiro atoms. The molecular formula is C43H30N2. The van der Waals surface area contributed by atoms with Crippen molar-refractivity contribution in [3.05, 3.63) is 169 Å². The summed E-state index contributed by atoms with van der Waals surface area (Å²) < 4.78 is 4.84. The monoisotopic (exact) mass is 574 g/mol. The van der Waals surface area contributed by atoms with E-state index in [0.29, 0.717) is 0 Å². The first-order chi connectivity index (χ1) is 22.3. The van der Waals surface area contributed by atoms with Gasteiger partial charge in [0.15, 0.2) is 0 Å². The number of allylic oxidation sites excluding steroid dienone is 2. The van der Waals surface area contributed by atoms with E-state index in [0.717, 1.165) is 17.8 Å². The van der Waals surface area contributed by atoms with Crippen molar-refractivity contribution >= 4 is 44.9 Å². The number of aromatic nitrogens is 2. The highest BCUT2D eigenvalue weighted by Crippen LogP contribution is 2.38. The highest BCUT2D eigenvalue weighted by molar-refractivity contribution is 6.10. The number of benzene rings is 6. The van der Waals surface area contributed by atoms with Gasteiger partial charge in [-0.3, -0.25) is 0 Å². The predicted octanol–water partition coefficient (Wildman–Crippen LogP) is 11.5. The molecule has 2 nitrogen and oxygen atoms in total. The second-order valence-electron chi connectivity index (χ2n) is 11.7. The molecule has 0 saturated heterocycles. The topological polar surface area (TPSA) is 9.86 Å². The summed E-state index contributed by atoms with van der Waals surface area (Å²) in [5.74, 6) is 0. The van der Waals surface area contributed by atoms with E-state index in [1.165, 1.54) is 66.2 Å². The Morgan fingerprint density at radius 3 is 1.69 bits per heavy atom. The number of para-hydroxylation sites is 1. The Kier molecular flexibility index (Phi) is 5.92. The first-order valence-corrected chi connectivity index (χ1v) is 15.6. The van der Waals surface area contributed by atoms with E-state index in [-0.39, 0.29) is 0 Å². The van der Waals surface area contributed by atoms with Crippen molar-refractivity contribution in [1.29, 1.82) is 0 Å². The lowest BCUT2D eigenvalue weighted by Gasteiger charge is -2.14. The van der Waals surface area contributed by atoms with Crippen molar-refractivity contribution in [1.82, 2.24) is 9.13 Å². The Hall–Kier alpha value is -5.86. The molecule has 8 aromatic rings. The molecule has 45 heavy (non-hydrogen) atoms. The van der Waals surface area contributed by atoms with E-state index < -0.39 is 0 Å². The second-order valence-corrected chi connectivity index (χ2v) is 11.7. The van der Waals surface area contributed by atoms with Gasteiger partial charge in [0.2, 0.25) is 0 Å². The van der Waals surface area contributed by atoms with Gasteiger partial charge in [-0.15, -0.1) is 0 Å². The molecule has 0 radical (unpaired) electrons. The maximum atomic E-state index is 2.43. The van der Waals surface area contributed by atoms with Gasteiger partial charge < -0.3 is 9.13 Å². The van der Waals surface area contributed by atoms with Crippen molar-refractivity contribution in [2.24, 2.45) is 0 Å². The van der Waals surface area contributed by atoms with E-state index in [2.05, 4.69) is 179 Å². The van der Waals surface area contributed by atoms with Crippen molar-refractivity contribution in [2.45, 2.75) is 6.42 Å². The minimum Gasteiger partial charge on any atom is -0.309 e. The Morgan fingerprint density at radius 2 is 0.956 bits per heavy atom. The highest BCUT2D eigenvalue weighted by Gasteiger charge is 2.19. The van der Waals surface area contributed by atoms with Crippen molar-refractivity contribution in [3.63, 3.8) is 0 Å². The number of nitrogens with zero attached hydrogens (tertiary/aromatic N) is 2. The molecule has 0 atom stereocenters. The Balaban J connectivity index is 1.25. The Labute approximate surface area is 262 Å². The first-order valence-electron chi connectivity index (χ1n) is 15.6. The van der Waals surface area contributed by atoms with E-state index in [4.69, 9.17) is 0 Å². The Bertz CT molecular complexity index is 2440. The minimum absolute atomic E-state index is 0.931. The summed E-state index contributed by atoms with van der Waals surface area (Å²) >= 11 is 0. The third-order valence-electron chi connectivity index (χ3n) is 9.11. The van der Waals surface area contributed by atoms with Gasteiger partial charge in [-0.25, -0.2) is 0 Å². The number of hydrogen-bond donors (Lipinski definition) is 0. The van der Waals surface area contributed by atoms with Crippen molar-refractivity contribution < 1.29 is 0 Å². The van der Waals surface area contributed by atoms with Gasteiger partial charge in [-0.2, -0.15) is 0 Å². The van der Waals surface area contributed by atoms with Gasteiger partial charge in [0.1, 0.15) is 0 Å². The Morgan fingerprint density at radius 1 is 0.378 bits per heavy atom. The molecule has 0 amide bonds. The average Bonchev–Trinajstić information content (AvgIpc) is 3.48. The SMILES string of the molecule is C1=Cc2c(n(-c3cccc(-n4c5ccccc5c5cc(-c6ccccc6)ccc54)c3)c3ccc(-c4ccccc4)cc23)C=CC1. The van der Waals surface area contributed by atoms with Gasteiger partial charge in [0.05, 0.1) is 22.2 Å². The molecule has 212 valence electrons. The summed E-state index contributed by atoms with van der Waals surface area (Å²) in [6.45, 7) is 0. The largest absolute Gasteiger partial charge is 0.309 e. The summed E-state index contributed by atoms with van der Waals surface area (Å²) in [5.41, 5.74) is 13.4. The normalized spacial score (nSPS) is 12.6. The van der Waals surface area contributed by atoms with Crippen LogP contribution in [0.1, 0.15) is 17.7 Å². The minimum atomic E-state index is 0.931. The van der Waals surface area contributed by atoms with Crippen LogP contribution in [-0.2, 0) is 0 Å². The van der Waals surface area contributed by atoms with Crippen LogP contribution in [0.25, 0.3) is 78.5 Å². The van der Waals surface area contributed by atoms with Gasteiger partial charge in [0, 0.05) is 33.1 Å². The van der Waals surface area contributed by atoms with Crippen molar-refractivity contribution in [3.8, 4) is 33.6 Å². The van der Waals surface area contributed by atoms with Gasteiger partial charge in [-0.05, 0) is 83.3 Å². The van der Waals surface area contributed by atoms with E-state index in [1.807, 2.05) is 0 Å². The van der Waals surface area contributed by atoms with E-state index in [9.17, 15) is 0 Å². The molecule has 0 fully saturated rings. The van der Waals surface area contributed by atoms with Crippen LogP contribution < -0.4 is 0 Å². The standard InChI is InChI=1S/C43H30N2/c1-4-13-30(14-5-1)32-23-25-42-38(27-32)36-19-8-3-9-21-40(36)44(42)34-17-12-18-35(29-34)45-41-22-11-10-20-37(41)39-28-33(24-26-43(39)45)31-15-6-2-7-16-31/h1-2,4-29H,3H2. The predicted molar refractivity (Wildman–Crippen MR) is 191 cm³/mol. The highest BCUT2D eigenvalue weighted by atomic mass is 15.0. The lowest BCUT2D eigenvalue weighted by atomic mass is 10.0. The number of hydrogen-bond acceptors (Lipinski definition) is 0. The summed E-state index contributed by atoms with van der Waals surface area (Å²) in [6.07, 6.45) is 10.0. The molecular weight excluding hydrogens is 544 g/mol. The molecule has 2 aromatic heterocycles. The first kappa shape index (κ1) is 25.6. The molecule has 0 bridgehead atoms. The third kappa shape index (κ3) is 4.18. The summed E-state index contributed by atoms with van der Waals surface area (Å²) in [6, 6.07) is 52.8. The molecule has 1 aliphatic rings. The van der Waals surface area contributed by atoms with Crippen LogP contribution in [0.4, 0.5) is 0 Å². The second kappa shape index (κ2) is 10.4. The summed E-state index contributed by atoms with van der Waals surface area (Å²) in [5, 5.41) is 3.79. The molecule has 0 saturated carbocycles. The zero-order chi connectivity index (χ0) is 29.7. The summed E-state index contributed by atoms with van der Waals surface area (Å²) in [7, 11) is 0. The van der Waals surface area contributed by atoms with Crippen LogP contribution in [-0.4, -0.2) is 9.13 Å². The molecule has 0 N–H and O–H groups in total. The van der Waals surface area contributed by atoms with Crippen LogP contribution in [0.5, 0.6) is 0 Å². The lowest BCUT2D eigenvalue weighted by molar-refractivity contribution is 1.09. The summed E-state index contributed by atoms with van der Waals surface area (Å²) in [4.78, 5) is 0. The fourth-order valence-corrected chi connectivity index (χ4v) is 7.04. The molecule has 6 aromatic carbocycles. The lowest BCUT2D eigenvalue weighted by Crippen LogP contribution is -2.00. The van der Waals surface area contributed by atoms with Crippen LogP contribution in [0.3, 0.4) is 0 Å². The van der Waals surface area contributed by atoms with Gasteiger partial charge >= 0.3 is 0 Å². The van der Waals surface area contributed by atoms with Gasteiger partial charge in [-0.1, -0.05) is 115 Å². The smallest absolute Gasteiger partial charge is 0.0541 e. The van der Waals surface area contributed by atoms with E-state index in [1.54, 1.807) is 0 Å². The molecule has 2 heteroatoms. The zero-order valence-electron chi connectivity index (χ0n) is 24.8. The van der Waals surface area contributed by atoms with Crippen LogP contribution in [0, 0.1) is 0 Å². The molecule has 0 unspecified atom stereocenters. The van der Waals surface area contributed by atoms with Crippen molar-refractivity contribution in [2.75, 3.05) is 0 Å². The van der Waals surface area contributed by atoms with Gasteiger partial charge in [0.25, 0.3) is 0 Å². The molecule has 1 aliphatic carbocycles. The van der Waals surface area contributed by atoms with Crippen LogP contribution >= 0.6 is 0 Å². The quantitative estimate of drug-likeness (QED) is 0.198. The van der Waals surface area contributed by atoms with Crippen LogP contribution in [0.2, 0.25) is 0 Å². The van der Waals surface area contributed by atoms with Crippen LogP contribution in [0.15, 0.2) is 158 Å².